The summed E-state index contributed by atoms with van der Waals surface area (Å²) in [5.41, 5.74) is 1.31. The second-order valence-electron chi connectivity index (χ2n) is 1.29. The van der Waals surface area contributed by atoms with Gasteiger partial charge in [0.25, 0.3) is 0 Å². The van der Waals surface area contributed by atoms with Gasteiger partial charge in [0.15, 0.2) is 0 Å². The zero-order valence-corrected chi connectivity index (χ0v) is 6.25. The van der Waals surface area contributed by atoms with Crippen LogP contribution in [0.2, 0.25) is 0 Å². The van der Waals surface area contributed by atoms with Gasteiger partial charge in [-0.1, -0.05) is 16.4 Å². The fourth-order valence-corrected chi connectivity index (χ4v) is 1.29. The monoisotopic (exact) mass is 182 g/mol. The molecule has 0 saturated carbocycles. The van der Waals surface area contributed by atoms with Crippen molar-refractivity contribution in [2.45, 2.75) is 0 Å². The Labute approximate surface area is 59.7 Å². The molecule has 0 unspecified atom stereocenters. The lowest BCUT2D eigenvalue weighted by Crippen LogP contribution is -1.88. The van der Waals surface area contributed by atoms with E-state index in [2.05, 4.69) is 14.7 Å². The topological polar surface area (TPSA) is 92.5 Å². The molecule has 6 nitrogen and oxygen atoms in total. The minimum Gasteiger partial charge on any atom is -0.374 e. The minimum absolute atomic E-state index is 0.131. The Morgan fingerprint density at radius 2 is 2.40 bits per heavy atom. The molecule has 1 rings (SSSR count). The van der Waals surface area contributed by atoms with Crippen LogP contribution in [0, 0.1) is 0 Å². The van der Waals surface area contributed by atoms with Crippen molar-refractivity contribution in [3.8, 4) is 5.19 Å². The average Bonchev–Trinajstić information content (AvgIpc) is 2.12. The number of nitrogens with zero attached hydrogens (tertiary/aromatic N) is 2. The van der Waals surface area contributed by atoms with Crippen LogP contribution in [0.15, 0.2) is 5.51 Å². The third kappa shape index (κ3) is 2.40. The van der Waals surface area contributed by atoms with Crippen LogP contribution in [0.1, 0.15) is 0 Å². The van der Waals surface area contributed by atoms with Crippen LogP contribution < -0.4 is 4.52 Å². The summed E-state index contributed by atoms with van der Waals surface area (Å²) in [5.74, 6) is 0. The van der Waals surface area contributed by atoms with Crippen molar-refractivity contribution in [1.29, 1.82) is 0 Å². The molecule has 10 heavy (non-hydrogen) atoms. The van der Waals surface area contributed by atoms with Gasteiger partial charge in [-0.3, -0.25) is 9.79 Å². The van der Waals surface area contributed by atoms with E-state index in [0.29, 0.717) is 0 Å². The molecule has 1 aromatic heterocycles. The number of hydrogen-bond donors (Lipinski definition) is 2. The van der Waals surface area contributed by atoms with E-state index in [1.807, 2.05) is 0 Å². The van der Waals surface area contributed by atoms with Crippen LogP contribution >= 0.6 is 19.2 Å². The van der Waals surface area contributed by atoms with Crippen molar-refractivity contribution in [2.24, 2.45) is 0 Å². The normalized spacial score (nSPS) is 11.4. The minimum atomic E-state index is -4.45. The number of hydrogen-bond acceptors (Lipinski definition) is 5. The fraction of sp³-hybridized carbons (Fsp3) is 0. The lowest BCUT2D eigenvalue weighted by molar-refractivity contribution is 0.282. The summed E-state index contributed by atoms with van der Waals surface area (Å²) in [5, 5.41) is 6.43. The second-order valence-corrected chi connectivity index (χ2v) is 3.25. The summed E-state index contributed by atoms with van der Waals surface area (Å²) in [6.45, 7) is 0. The first-order valence-electron chi connectivity index (χ1n) is 2.09. The van der Waals surface area contributed by atoms with Crippen molar-refractivity contribution in [1.82, 2.24) is 10.2 Å². The molecular weight excluding hydrogens is 179 g/mol. The summed E-state index contributed by atoms with van der Waals surface area (Å²) in [7, 11) is -4.45. The summed E-state index contributed by atoms with van der Waals surface area (Å²) < 4.78 is 14.2. The highest BCUT2D eigenvalue weighted by molar-refractivity contribution is 7.47. The molecule has 0 saturated heterocycles. The van der Waals surface area contributed by atoms with E-state index < -0.39 is 7.82 Å². The highest BCUT2D eigenvalue weighted by Crippen LogP contribution is 2.37. The Hall–Kier alpha value is -0.490. The van der Waals surface area contributed by atoms with Gasteiger partial charge in [-0.2, -0.15) is 0 Å². The molecule has 8 heteroatoms. The van der Waals surface area contributed by atoms with Crippen LogP contribution in [0.5, 0.6) is 5.19 Å². The van der Waals surface area contributed by atoms with E-state index in [1.54, 1.807) is 0 Å². The Morgan fingerprint density at radius 1 is 1.70 bits per heavy atom. The van der Waals surface area contributed by atoms with Crippen LogP contribution in [-0.4, -0.2) is 20.0 Å². The zero-order valence-electron chi connectivity index (χ0n) is 4.54. The van der Waals surface area contributed by atoms with Gasteiger partial charge in [0.05, 0.1) is 0 Å². The summed E-state index contributed by atoms with van der Waals surface area (Å²) >= 11 is 0.913. The molecular formula is C2H3N2O4PS. The lowest BCUT2D eigenvalue weighted by Gasteiger charge is -1.99. The molecule has 0 fully saturated rings. The smallest absolute Gasteiger partial charge is 0.374 e. The molecule has 56 valence electrons. The largest absolute Gasteiger partial charge is 0.526 e. The number of aromatic nitrogens is 2. The van der Waals surface area contributed by atoms with Crippen molar-refractivity contribution < 1.29 is 18.9 Å². The molecule has 0 radical (unpaired) electrons. The Bertz CT molecular complexity index is 242. The van der Waals surface area contributed by atoms with Crippen molar-refractivity contribution in [3.63, 3.8) is 0 Å². The van der Waals surface area contributed by atoms with E-state index in [9.17, 15) is 4.57 Å². The zero-order chi connectivity index (χ0) is 7.61. The molecule has 0 amide bonds. The second kappa shape index (κ2) is 2.63. The third-order valence-electron chi connectivity index (χ3n) is 0.537. The standard InChI is InChI=1S/C2H3N2O4PS/c5-9(6,7)8-2-4-3-1-10-2/h1H,(H2,5,6,7). The third-order valence-corrected chi connectivity index (χ3v) is 1.64. The van der Waals surface area contributed by atoms with Crippen LogP contribution in [0.3, 0.4) is 0 Å². The van der Waals surface area contributed by atoms with E-state index >= 15 is 0 Å². The van der Waals surface area contributed by atoms with E-state index in [4.69, 9.17) is 9.79 Å². The first kappa shape index (κ1) is 7.62. The predicted molar refractivity (Wildman–Crippen MR) is 32.6 cm³/mol. The molecule has 0 bridgehead atoms. The highest BCUT2D eigenvalue weighted by atomic mass is 32.1. The molecule has 0 spiro atoms. The predicted octanol–water partition coefficient (Wildman–Crippen LogP) is 0.00960. The fourth-order valence-electron chi connectivity index (χ4n) is 0.304. The van der Waals surface area contributed by atoms with Gasteiger partial charge in [0.2, 0.25) is 0 Å². The molecule has 0 aliphatic carbocycles. The molecule has 0 aliphatic rings. The Kier molecular flexibility index (Phi) is 2.00. The van der Waals surface area contributed by atoms with Gasteiger partial charge in [0.1, 0.15) is 5.51 Å². The average molecular weight is 182 g/mol. The molecule has 0 aliphatic heterocycles. The maximum Gasteiger partial charge on any atom is 0.526 e. The quantitative estimate of drug-likeness (QED) is 0.626. The van der Waals surface area contributed by atoms with Gasteiger partial charge in [-0.25, -0.2) is 4.57 Å². The van der Waals surface area contributed by atoms with Gasteiger partial charge in [0, 0.05) is 0 Å². The van der Waals surface area contributed by atoms with Crippen molar-refractivity contribution >= 4 is 19.2 Å². The first-order valence-corrected chi connectivity index (χ1v) is 4.50. The number of phosphoric ester groups is 1. The van der Waals surface area contributed by atoms with Gasteiger partial charge in [-0.05, 0) is 0 Å². The van der Waals surface area contributed by atoms with Gasteiger partial charge >= 0.3 is 13.0 Å². The summed E-state index contributed by atoms with van der Waals surface area (Å²) in [4.78, 5) is 16.4. The summed E-state index contributed by atoms with van der Waals surface area (Å²) in [6, 6.07) is 0. The van der Waals surface area contributed by atoms with Crippen LogP contribution in [0.4, 0.5) is 0 Å². The first-order chi connectivity index (χ1) is 4.58. The van der Waals surface area contributed by atoms with Crippen LogP contribution in [0.25, 0.3) is 0 Å². The maximum atomic E-state index is 10.1. The molecule has 0 aromatic carbocycles. The Balaban J connectivity index is 2.66. The highest BCUT2D eigenvalue weighted by Gasteiger charge is 2.17. The van der Waals surface area contributed by atoms with E-state index in [0.717, 1.165) is 11.3 Å². The summed E-state index contributed by atoms with van der Waals surface area (Å²) in [6.07, 6.45) is 0. The van der Waals surface area contributed by atoms with Crippen molar-refractivity contribution in [3.05, 3.63) is 5.51 Å². The number of rotatable bonds is 2. The molecule has 1 aromatic rings. The van der Waals surface area contributed by atoms with Crippen LogP contribution in [-0.2, 0) is 4.57 Å². The van der Waals surface area contributed by atoms with E-state index in [-0.39, 0.29) is 5.19 Å². The Morgan fingerprint density at radius 3 is 2.80 bits per heavy atom. The number of phosphoric acid groups is 1. The van der Waals surface area contributed by atoms with E-state index in [1.165, 1.54) is 5.51 Å². The van der Waals surface area contributed by atoms with Crippen molar-refractivity contribution in [2.75, 3.05) is 0 Å². The molecule has 1 heterocycles. The van der Waals surface area contributed by atoms with Gasteiger partial charge < -0.3 is 4.52 Å². The lowest BCUT2D eigenvalue weighted by atomic mass is 11.5. The molecule has 2 N–H and O–H groups in total. The SMILES string of the molecule is O=P(O)(O)Oc1nncs1. The molecule has 0 atom stereocenters. The maximum absolute atomic E-state index is 10.1. The van der Waals surface area contributed by atoms with Gasteiger partial charge in [-0.15, -0.1) is 5.10 Å².